The van der Waals surface area contributed by atoms with Gasteiger partial charge in [0.15, 0.2) is 0 Å². The van der Waals surface area contributed by atoms with E-state index in [4.69, 9.17) is 10.5 Å². The fraction of sp³-hybridized carbons (Fsp3) is 0.417. The van der Waals surface area contributed by atoms with Crippen molar-refractivity contribution in [1.82, 2.24) is 4.90 Å². The van der Waals surface area contributed by atoms with Gasteiger partial charge in [-0.3, -0.25) is 4.79 Å². The summed E-state index contributed by atoms with van der Waals surface area (Å²) >= 11 is 0. The number of carbonyl (C=O) groups excluding carboxylic acids is 1. The molecule has 1 aliphatic rings. The number of likely N-dealkylation sites (tertiary alicyclic amines) is 1. The van der Waals surface area contributed by atoms with E-state index < -0.39 is 0 Å². The Morgan fingerprint density at radius 2 is 2.19 bits per heavy atom. The highest BCUT2D eigenvalue weighted by atomic mass is 16.5. The lowest BCUT2D eigenvalue weighted by Gasteiger charge is -2.37. The lowest BCUT2D eigenvalue weighted by Crippen LogP contribution is -2.57. The third-order valence-electron chi connectivity index (χ3n) is 2.78. The Labute approximate surface area is 95.0 Å². The van der Waals surface area contributed by atoms with Gasteiger partial charge in [0.05, 0.1) is 12.7 Å². The monoisotopic (exact) mass is 220 g/mol. The molecule has 0 radical (unpaired) electrons. The molecule has 16 heavy (non-hydrogen) atoms. The summed E-state index contributed by atoms with van der Waals surface area (Å²) in [5.41, 5.74) is 7.33. The van der Waals surface area contributed by atoms with Crippen LogP contribution in [0.25, 0.3) is 0 Å². The van der Waals surface area contributed by atoms with Crippen LogP contribution in [-0.4, -0.2) is 37.0 Å². The van der Waals surface area contributed by atoms with Gasteiger partial charge in [-0.2, -0.15) is 0 Å². The Bertz CT molecular complexity index is 411. The number of hydrogen-bond donors (Lipinski definition) is 1. The summed E-state index contributed by atoms with van der Waals surface area (Å²) in [7, 11) is 1.57. The van der Waals surface area contributed by atoms with Gasteiger partial charge >= 0.3 is 0 Å². The molecule has 4 nitrogen and oxygen atoms in total. The number of rotatable bonds is 2. The van der Waals surface area contributed by atoms with Crippen LogP contribution >= 0.6 is 0 Å². The molecule has 0 atom stereocenters. The summed E-state index contributed by atoms with van der Waals surface area (Å²) in [5.74, 6) is 0.623. The van der Waals surface area contributed by atoms with Crippen LogP contribution in [-0.2, 0) is 0 Å². The van der Waals surface area contributed by atoms with Crippen molar-refractivity contribution in [2.24, 2.45) is 5.73 Å². The van der Waals surface area contributed by atoms with Crippen molar-refractivity contribution < 1.29 is 9.53 Å². The molecule has 2 rings (SSSR count). The maximum absolute atomic E-state index is 12.1. The van der Waals surface area contributed by atoms with Crippen LogP contribution in [0.4, 0.5) is 0 Å². The number of amides is 1. The third-order valence-corrected chi connectivity index (χ3v) is 2.78. The van der Waals surface area contributed by atoms with Crippen molar-refractivity contribution in [1.29, 1.82) is 0 Å². The van der Waals surface area contributed by atoms with Crippen molar-refractivity contribution in [3.05, 3.63) is 29.3 Å². The van der Waals surface area contributed by atoms with Gasteiger partial charge in [-0.15, -0.1) is 0 Å². The number of nitrogens with zero attached hydrogens (tertiary/aromatic N) is 1. The van der Waals surface area contributed by atoms with Gasteiger partial charge in [0.25, 0.3) is 5.91 Å². The van der Waals surface area contributed by atoms with E-state index in [0.29, 0.717) is 24.4 Å². The standard InChI is InChI=1S/C12H16N2O2/c1-8-3-4-11(16-2)10(5-8)12(15)14-6-9(13)7-14/h3-5,9H,6-7,13H2,1-2H3. The highest BCUT2D eigenvalue weighted by Crippen LogP contribution is 2.23. The van der Waals surface area contributed by atoms with E-state index >= 15 is 0 Å². The topological polar surface area (TPSA) is 55.6 Å². The molecule has 1 aliphatic heterocycles. The zero-order valence-corrected chi connectivity index (χ0v) is 9.56. The Balaban J connectivity index is 2.24. The maximum atomic E-state index is 12.1. The number of ether oxygens (including phenoxy) is 1. The number of hydrogen-bond acceptors (Lipinski definition) is 3. The van der Waals surface area contributed by atoms with Crippen molar-refractivity contribution >= 4 is 5.91 Å². The Morgan fingerprint density at radius 1 is 1.50 bits per heavy atom. The van der Waals surface area contributed by atoms with E-state index in [1.54, 1.807) is 12.0 Å². The number of benzene rings is 1. The van der Waals surface area contributed by atoms with E-state index in [9.17, 15) is 4.79 Å². The minimum Gasteiger partial charge on any atom is -0.496 e. The lowest BCUT2D eigenvalue weighted by atomic mass is 10.1. The first-order valence-electron chi connectivity index (χ1n) is 5.31. The number of carbonyl (C=O) groups is 1. The smallest absolute Gasteiger partial charge is 0.257 e. The summed E-state index contributed by atoms with van der Waals surface area (Å²) in [6.45, 7) is 3.23. The Morgan fingerprint density at radius 3 is 2.75 bits per heavy atom. The van der Waals surface area contributed by atoms with E-state index in [1.807, 2.05) is 25.1 Å². The van der Waals surface area contributed by atoms with Crippen molar-refractivity contribution in [2.45, 2.75) is 13.0 Å². The molecule has 1 aromatic carbocycles. The third kappa shape index (κ3) is 1.88. The van der Waals surface area contributed by atoms with Crippen LogP contribution in [0, 0.1) is 6.92 Å². The first-order chi connectivity index (χ1) is 7.61. The summed E-state index contributed by atoms with van der Waals surface area (Å²) in [5, 5.41) is 0. The zero-order valence-electron chi connectivity index (χ0n) is 9.56. The highest BCUT2D eigenvalue weighted by molar-refractivity contribution is 5.97. The fourth-order valence-electron chi connectivity index (χ4n) is 1.84. The van der Waals surface area contributed by atoms with Crippen LogP contribution in [0.15, 0.2) is 18.2 Å². The lowest BCUT2D eigenvalue weighted by molar-refractivity contribution is 0.0604. The van der Waals surface area contributed by atoms with Gasteiger partial charge in [-0.1, -0.05) is 11.6 Å². The molecule has 0 spiro atoms. The molecular formula is C12H16N2O2. The molecule has 2 N–H and O–H groups in total. The van der Waals surface area contributed by atoms with Crippen LogP contribution in [0.3, 0.4) is 0 Å². The molecule has 0 unspecified atom stereocenters. The molecule has 1 saturated heterocycles. The summed E-state index contributed by atoms with van der Waals surface area (Å²) in [6.07, 6.45) is 0. The van der Waals surface area contributed by atoms with Crippen LogP contribution in [0.1, 0.15) is 15.9 Å². The maximum Gasteiger partial charge on any atom is 0.257 e. The van der Waals surface area contributed by atoms with E-state index in [0.717, 1.165) is 5.56 Å². The Kier molecular flexibility index (Phi) is 2.83. The van der Waals surface area contributed by atoms with Gasteiger partial charge in [-0.05, 0) is 19.1 Å². The first kappa shape index (κ1) is 11.0. The number of aryl methyl sites for hydroxylation is 1. The largest absolute Gasteiger partial charge is 0.496 e. The minimum atomic E-state index is 0.00208. The van der Waals surface area contributed by atoms with Crippen molar-refractivity contribution in [2.75, 3.05) is 20.2 Å². The van der Waals surface area contributed by atoms with Gasteiger partial charge in [0.2, 0.25) is 0 Å². The molecule has 0 aliphatic carbocycles. The SMILES string of the molecule is COc1ccc(C)cc1C(=O)N1CC(N)C1. The number of nitrogens with two attached hydrogens (primary N) is 1. The molecule has 1 heterocycles. The van der Waals surface area contributed by atoms with Crippen LogP contribution < -0.4 is 10.5 Å². The molecule has 0 aromatic heterocycles. The molecule has 1 aromatic rings. The molecule has 1 amide bonds. The molecule has 1 fully saturated rings. The summed E-state index contributed by atoms with van der Waals surface area (Å²) in [4.78, 5) is 13.8. The predicted molar refractivity (Wildman–Crippen MR) is 61.6 cm³/mol. The second-order valence-electron chi connectivity index (χ2n) is 4.17. The second kappa shape index (κ2) is 4.14. The average Bonchev–Trinajstić information content (AvgIpc) is 2.24. The first-order valence-corrected chi connectivity index (χ1v) is 5.31. The number of methoxy groups -OCH3 is 1. The zero-order chi connectivity index (χ0) is 11.7. The van der Waals surface area contributed by atoms with E-state index in [2.05, 4.69) is 0 Å². The fourth-order valence-corrected chi connectivity index (χ4v) is 1.84. The van der Waals surface area contributed by atoms with Crippen molar-refractivity contribution in [3.8, 4) is 5.75 Å². The Hall–Kier alpha value is -1.55. The predicted octanol–water partition coefficient (Wildman–Crippen LogP) is 0.787. The highest BCUT2D eigenvalue weighted by Gasteiger charge is 2.29. The van der Waals surface area contributed by atoms with Gasteiger partial charge in [-0.25, -0.2) is 0 Å². The van der Waals surface area contributed by atoms with Crippen LogP contribution in [0.2, 0.25) is 0 Å². The van der Waals surface area contributed by atoms with Crippen molar-refractivity contribution in [3.63, 3.8) is 0 Å². The normalized spacial score (nSPS) is 15.8. The summed E-state index contributed by atoms with van der Waals surface area (Å²) < 4.78 is 5.19. The van der Waals surface area contributed by atoms with Gasteiger partial charge in [0.1, 0.15) is 5.75 Å². The molecule has 4 heteroatoms. The van der Waals surface area contributed by atoms with E-state index in [1.165, 1.54) is 0 Å². The van der Waals surface area contributed by atoms with E-state index in [-0.39, 0.29) is 11.9 Å². The molecule has 0 bridgehead atoms. The van der Waals surface area contributed by atoms with Gasteiger partial charge in [0, 0.05) is 19.1 Å². The molecular weight excluding hydrogens is 204 g/mol. The van der Waals surface area contributed by atoms with Gasteiger partial charge < -0.3 is 15.4 Å². The average molecular weight is 220 g/mol. The molecule has 0 saturated carbocycles. The molecule has 86 valence electrons. The quantitative estimate of drug-likeness (QED) is 0.801. The second-order valence-corrected chi connectivity index (χ2v) is 4.17. The minimum absolute atomic E-state index is 0.00208. The summed E-state index contributed by atoms with van der Waals surface area (Å²) in [6, 6.07) is 5.73. The van der Waals surface area contributed by atoms with Crippen LogP contribution in [0.5, 0.6) is 5.75 Å².